The van der Waals surface area contributed by atoms with Crippen LogP contribution in [0.25, 0.3) is 0 Å². The van der Waals surface area contributed by atoms with Crippen molar-refractivity contribution in [3.63, 3.8) is 0 Å². The maximum absolute atomic E-state index is 10.8. The van der Waals surface area contributed by atoms with Gasteiger partial charge in [0.25, 0.3) is 0 Å². The van der Waals surface area contributed by atoms with Crippen LogP contribution in [0.5, 0.6) is 0 Å². The van der Waals surface area contributed by atoms with Crippen molar-refractivity contribution in [2.24, 2.45) is 0 Å². The number of sulfone groups is 1. The Labute approximate surface area is 116 Å². The molecule has 1 fully saturated rings. The van der Waals surface area contributed by atoms with Crippen molar-refractivity contribution in [1.29, 1.82) is 0 Å². The van der Waals surface area contributed by atoms with Crippen molar-refractivity contribution >= 4 is 49.2 Å². The second-order valence-electron chi connectivity index (χ2n) is 3.41. The molecular weight excluding hydrogens is 386 g/mol. The third kappa shape index (κ3) is 13.2. The standard InChI is InChI=1S/C7H16N2O2S.FIS2/c1-12(10,11)7-6-9-4-2-8-3-5-9;1-4(2)3/h8H,2-7H2,1H3;. The molecule has 0 aliphatic carbocycles. The zero-order valence-corrected chi connectivity index (χ0v) is 13.6. The van der Waals surface area contributed by atoms with Crippen LogP contribution in [0.2, 0.25) is 0 Å². The molecule has 1 rings (SSSR count). The van der Waals surface area contributed by atoms with Crippen LogP contribution in [0, 0.1) is 0 Å². The third-order valence-electron chi connectivity index (χ3n) is 1.99. The van der Waals surface area contributed by atoms with Gasteiger partial charge in [0, 0.05) is 60.2 Å². The summed E-state index contributed by atoms with van der Waals surface area (Å²) in [5.41, 5.74) is 0. The Morgan fingerprint density at radius 1 is 1.50 bits per heavy atom. The van der Waals surface area contributed by atoms with Gasteiger partial charge in [0.2, 0.25) is 0 Å². The number of hydrogen-bond donors (Lipinski definition) is 1. The summed E-state index contributed by atoms with van der Waals surface area (Å²) in [6.45, 7) is 4.57. The molecule has 0 aromatic carbocycles. The number of nitrogens with zero attached hydrogens (tertiary/aromatic N) is 1. The van der Waals surface area contributed by atoms with Gasteiger partial charge in [0.15, 0.2) is 0 Å². The zero-order valence-electron chi connectivity index (χ0n) is 8.99. The minimum Gasteiger partial charge on any atom is -0.314 e. The van der Waals surface area contributed by atoms with Crippen LogP contribution < -0.4 is 5.32 Å². The van der Waals surface area contributed by atoms with Crippen LogP contribution in [0.3, 0.4) is 0 Å². The fourth-order valence-electron chi connectivity index (χ4n) is 1.23. The van der Waals surface area contributed by atoms with Crippen molar-refractivity contribution in [3.05, 3.63) is 0 Å². The van der Waals surface area contributed by atoms with E-state index in [2.05, 4.69) is 21.4 Å². The second kappa shape index (κ2) is 9.09. The van der Waals surface area contributed by atoms with Gasteiger partial charge < -0.3 is 5.32 Å². The lowest BCUT2D eigenvalue weighted by atomic mass is 10.4. The Balaban J connectivity index is 0.000000487. The zero-order chi connectivity index (χ0) is 12.6. The predicted octanol–water partition coefficient (Wildman–Crippen LogP) is 0.237. The van der Waals surface area contributed by atoms with Gasteiger partial charge in [0.1, 0.15) is 16.8 Å². The first kappa shape index (κ1) is 17.1. The lowest BCUT2D eigenvalue weighted by Crippen LogP contribution is -2.45. The van der Waals surface area contributed by atoms with Gasteiger partial charge in [-0.15, -0.1) is 0 Å². The molecule has 1 aliphatic heterocycles. The fraction of sp³-hybridized carbons (Fsp3) is 1.00. The summed E-state index contributed by atoms with van der Waals surface area (Å²) in [5, 5.41) is 3.22. The first-order chi connectivity index (χ1) is 7.31. The summed E-state index contributed by atoms with van der Waals surface area (Å²) in [7, 11) is -4.09. The Morgan fingerprint density at radius 2 is 1.94 bits per heavy atom. The van der Waals surface area contributed by atoms with Crippen molar-refractivity contribution in [2.45, 2.75) is 0 Å². The monoisotopic (exact) mass is 402 g/mol. The summed E-state index contributed by atoms with van der Waals surface area (Å²) in [6.07, 6.45) is 1.29. The number of nitrogens with one attached hydrogen (secondary N) is 1. The van der Waals surface area contributed by atoms with E-state index >= 15 is 0 Å². The first-order valence-corrected chi connectivity index (χ1v) is 11.3. The smallest absolute Gasteiger partial charge is 0.148 e. The molecule has 16 heavy (non-hydrogen) atoms. The maximum atomic E-state index is 10.8. The Morgan fingerprint density at radius 3 is 2.31 bits per heavy atom. The highest BCUT2D eigenvalue weighted by molar-refractivity contribution is 14.2. The molecule has 1 unspecified atom stereocenters. The predicted molar refractivity (Wildman–Crippen MR) is 78.9 cm³/mol. The van der Waals surface area contributed by atoms with Gasteiger partial charge in [-0.25, -0.2) is 8.42 Å². The highest BCUT2D eigenvalue weighted by Gasteiger charge is 2.11. The SMILES string of the molecule is CS(=O)(=O)CCN1CCNCC1.FS(=S)I. The van der Waals surface area contributed by atoms with Crippen molar-refractivity contribution in [2.75, 3.05) is 44.7 Å². The minimum absolute atomic E-state index is 0.285. The molecule has 0 radical (unpaired) electrons. The third-order valence-corrected chi connectivity index (χ3v) is 2.91. The molecule has 0 aromatic rings. The van der Waals surface area contributed by atoms with E-state index in [1.807, 2.05) is 0 Å². The molecule has 1 heterocycles. The molecular formula is C7H16FIN2O2S3. The summed E-state index contributed by atoms with van der Waals surface area (Å²) in [6, 6.07) is 0. The van der Waals surface area contributed by atoms with Crippen molar-refractivity contribution < 1.29 is 12.3 Å². The van der Waals surface area contributed by atoms with E-state index in [9.17, 15) is 12.3 Å². The first-order valence-electron chi connectivity index (χ1n) is 4.66. The molecule has 0 saturated carbocycles. The highest BCUT2D eigenvalue weighted by Crippen LogP contribution is 1.93. The van der Waals surface area contributed by atoms with Crippen LogP contribution in [0.4, 0.5) is 3.89 Å². The largest absolute Gasteiger partial charge is 0.314 e. The molecule has 0 spiro atoms. The minimum atomic E-state index is -2.79. The van der Waals surface area contributed by atoms with Crippen LogP contribution in [0.1, 0.15) is 0 Å². The maximum Gasteiger partial charge on any atom is 0.148 e. The molecule has 1 aliphatic rings. The second-order valence-corrected chi connectivity index (χ2v) is 11.0. The summed E-state index contributed by atoms with van der Waals surface area (Å²) >= 11 is 5.49. The van der Waals surface area contributed by atoms with Crippen LogP contribution in [0.15, 0.2) is 0 Å². The normalized spacial score (nSPS) is 19.7. The van der Waals surface area contributed by atoms with E-state index in [4.69, 9.17) is 0 Å². The lowest BCUT2D eigenvalue weighted by Gasteiger charge is -2.26. The molecule has 98 valence electrons. The molecule has 1 saturated heterocycles. The van der Waals surface area contributed by atoms with Crippen molar-refractivity contribution in [1.82, 2.24) is 10.2 Å². The number of hydrogen-bond acceptors (Lipinski definition) is 5. The topological polar surface area (TPSA) is 49.4 Å². The van der Waals surface area contributed by atoms with E-state index < -0.39 is 16.8 Å². The summed E-state index contributed by atoms with van der Waals surface area (Å²) in [4.78, 5) is 2.18. The number of halogens is 2. The van der Waals surface area contributed by atoms with Gasteiger partial charge in [-0.2, -0.15) is 3.89 Å². The molecule has 0 amide bonds. The van der Waals surface area contributed by atoms with E-state index in [0.29, 0.717) is 6.54 Å². The average molecular weight is 402 g/mol. The van der Waals surface area contributed by atoms with Crippen LogP contribution in [-0.4, -0.2) is 58.1 Å². The van der Waals surface area contributed by atoms with Gasteiger partial charge >= 0.3 is 0 Å². The highest BCUT2D eigenvalue weighted by atomic mass is 127. The molecule has 0 bridgehead atoms. The van der Waals surface area contributed by atoms with Crippen LogP contribution >= 0.6 is 21.2 Å². The number of rotatable bonds is 3. The summed E-state index contributed by atoms with van der Waals surface area (Å²) < 4.78 is 32.5. The van der Waals surface area contributed by atoms with E-state index in [1.54, 1.807) is 0 Å². The molecule has 4 nitrogen and oxygen atoms in total. The Bertz CT molecular complexity index is 303. The molecule has 9 heteroatoms. The lowest BCUT2D eigenvalue weighted by molar-refractivity contribution is 0.254. The van der Waals surface area contributed by atoms with Crippen molar-refractivity contribution in [3.8, 4) is 0 Å². The van der Waals surface area contributed by atoms with E-state index in [1.165, 1.54) is 27.5 Å². The number of piperazine rings is 1. The molecule has 1 N–H and O–H groups in total. The van der Waals surface area contributed by atoms with Gasteiger partial charge in [-0.3, -0.25) is 4.90 Å². The van der Waals surface area contributed by atoms with Gasteiger partial charge in [0.05, 0.1) is 5.75 Å². The van der Waals surface area contributed by atoms with Crippen LogP contribution in [-0.2, 0) is 28.0 Å². The summed E-state index contributed by atoms with van der Waals surface area (Å²) in [5.74, 6) is 0.285. The van der Waals surface area contributed by atoms with Gasteiger partial charge in [-0.1, -0.05) is 0 Å². The molecule has 0 aromatic heterocycles. The van der Waals surface area contributed by atoms with E-state index in [-0.39, 0.29) is 5.75 Å². The van der Waals surface area contributed by atoms with E-state index in [0.717, 1.165) is 26.2 Å². The average Bonchev–Trinajstić information content (AvgIpc) is 2.14. The van der Waals surface area contributed by atoms with Gasteiger partial charge in [-0.05, 0) is 11.2 Å². The Kier molecular flexibility index (Phi) is 9.71. The molecule has 1 atom stereocenters. The Hall–Kier alpha value is 1.10. The fourth-order valence-corrected chi connectivity index (χ4v) is 1.82. The quantitative estimate of drug-likeness (QED) is 0.542.